The maximum absolute atomic E-state index is 6.11. The van der Waals surface area contributed by atoms with Crippen LogP contribution in [0.4, 0.5) is 0 Å². The summed E-state index contributed by atoms with van der Waals surface area (Å²) < 4.78 is 5.74. The number of halogens is 2. The summed E-state index contributed by atoms with van der Waals surface area (Å²) in [6.07, 6.45) is 1.59. The van der Waals surface area contributed by atoms with Gasteiger partial charge >= 0.3 is 0 Å². The summed E-state index contributed by atoms with van der Waals surface area (Å²) >= 11 is 12.2. The summed E-state index contributed by atoms with van der Waals surface area (Å²) in [4.78, 5) is 4.17. The van der Waals surface area contributed by atoms with Gasteiger partial charge in [-0.25, -0.2) is 4.98 Å². The van der Waals surface area contributed by atoms with Crippen molar-refractivity contribution < 1.29 is 4.74 Å². The molecule has 0 fully saturated rings. The fraction of sp³-hybridized carbons (Fsp3) is 0.267. The Morgan fingerprint density at radius 1 is 1.20 bits per heavy atom. The number of nitrogens with zero attached hydrogens (tertiary/aromatic N) is 1. The van der Waals surface area contributed by atoms with Crippen LogP contribution in [0.3, 0.4) is 0 Å². The normalized spacial score (nSPS) is 10.6. The average molecular weight is 311 g/mol. The third-order valence-electron chi connectivity index (χ3n) is 2.78. The van der Waals surface area contributed by atoms with Crippen molar-refractivity contribution in [2.75, 3.05) is 6.54 Å². The Kier molecular flexibility index (Phi) is 5.24. The lowest BCUT2D eigenvalue weighted by molar-refractivity contribution is 0.461. The summed E-state index contributed by atoms with van der Waals surface area (Å²) in [5, 5.41) is 4.40. The van der Waals surface area contributed by atoms with Crippen LogP contribution in [0.1, 0.15) is 18.1 Å². The Bertz CT molecular complexity index is 602. The van der Waals surface area contributed by atoms with Crippen molar-refractivity contribution in [1.82, 2.24) is 10.3 Å². The van der Waals surface area contributed by atoms with E-state index in [-0.39, 0.29) is 0 Å². The number of aryl methyl sites for hydroxylation is 1. The summed E-state index contributed by atoms with van der Waals surface area (Å²) in [5.74, 6) is 1.07. The molecule has 106 valence electrons. The Labute approximate surface area is 128 Å². The van der Waals surface area contributed by atoms with Gasteiger partial charge in [-0.05, 0) is 36.7 Å². The topological polar surface area (TPSA) is 34.1 Å². The Morgan fingerprint density at radius 3 is 2.75 bits per heavy atom. The van der Waals surface area contributed by atoms with Gasteiger partial charge in [-0.3, -0.25) is 0 Å². The zero-order valence-corrected chi connectivity index (χ0v) is 12.9. The third-order valence-corrected chi connectivity index (χ3v) is 3.43. The van der Waals surface area contributed by atoms with E-state index in [0.29, 0.717) is 28.2 Å². The van der Waals surface area contributed by atoms with Crippen LogP contribution in [-0.2, 0) is 6.54 Å². The molecule has 0 aliphatic carbocycles. The largest absolute Gasteiger partial charge is 0.437 e. The van der Waals surface area contributed by atoms with Gasteiger partial charge in [-0.15, -0.1) is 0 Å². The number of rotatable bonds is 5. The molecule has 1 heterocycles. The zero-order valence-electron chi connectivity index (χ0n) is 11.4. The minimum Gasteiger partial charge on any atom is -0.437 e. The predicted octanol–water partition coefficient (Wildman–Crippen LogP) is 4.60. The summed E-state index contributed by atoms with van der Waals surface area (Å²) in [5.41, 5.74) is 2.02. The van der Waals surface area contributed by atoms with Crippen LogP contribution < -0.4 is 10.1 Å². The van der Waals surface area contributed by atoms with Crippen molar-refractivity contribution in [3.05, 3.63) is 51.6 Å². The van der Waals surface area contributed by atoms with E-state index in [4.69, 9.17) is 27.9 Å². The van der Waals surface area contributed by atoms with Crippen molar-refractivity contribution >= 4 is 23.2 Å². The maximum atomic E-state index is 6.11. The minimum absolute atomic E-state index is 0.481. The summed E-state index contributed by atoms with van der Waals surface area (Å²) in [7, 11) is 0. The quantitative estimate of drug-likeness (QED) is 0.876. The minimum atomic E-state index is 0.481. The SMILES string of the molecule is CCNCc1cc(Oc2cc(C)ccc2Cl)ncc1Cl. The lowest BCUT2D eigenvalue weighted by Crippen LogP contribution is -2.12. The molecule has 20 heavy (non-hydrogen) atoms. The number of hydrogen-bond donors (Lipinski definition) is 1. The highest BCUT2D eigenvalue weighted by Gasteiger charge is 2.08. The number of nitrogens with one attached hydrogen (secondary N) is 1. The molecule has 0 unspecified atom stereocenters. The fourth-order valence-corrected chi connectivity index (χ4v) is 2.04. The molecular formula is C15H16Cl2N2O. The second kappa shape index (κ2) is 6.93. The van der Waals surface area contributed by atoms with Crippen molar-refractivity contribution in [3.63, 3.8) is 0 Å². The molecule has 0 radical (unpaired) electrons. The van der Waals surface area contributed by atoms with E-state index in [1.165, 1.54) is 0 Å². The molecule has 0 aliphatic rings. The van der Waals surface area contributed by atoms with Crippen LogP contribution in [0.25, 0.3) is 0 Å². The number of benzene rings is 1. The first-order valence-corrected chi connectivity index (χ1v) is 7.15. The first kappa shape index (κ1) is 15.1. The highest BCUT2D eigenvalue weighted by atomic mass is 35.5. The van der Waals surface area contributed by atoms with E-state index < -0.39 is 0 Å². The van der Waals surface area contributed by atoms with Gasteiger partial charge in [0, 0.05) is 18.8 Å². The van der Waals surface area contributed by atoms with E-state index in [0.717, 1.165) is 17.7 Å². The van der Waals surface area contributed by atoms with Crippen LogP contribution in [0.15, 0.2) is 30.5 Å². The van der Waals surface area contributed by atoms with Gasteiger partial charge in [0.15, 0.2) is 0 Å². The molecule has 3 nitrogen and oxygen atoms in total. The second-order valence-corrected chi connectivity index (χ2v) is 5.24. The maximum Gasteiger partial charge on any atom is 0.219 e. The van der Waals surface area contributed by atoms with E-state index >= 15 is 0 Å². The molecule has 0 saturated heterocycles. The zero-order chi connectivity index (χ0) is 14.5. The average Bonchev–Trinajstić information content (AvgIpc) is 2.43. The van der Waals surface area contributed by atoms with Crippen molar-refractivity contribution in [1.29, 1.82) is 0 Å². The van der Waals surface area contributed by atoms with Gasteiger partial charge in [-0.1, -0.05) is 36.2 Å². The predicted molar refractivity (Wildman–Crippen MR) is 82.9 cm³/mol. The van der Waals surface area contributed by atoms with E-state index in [1.807, 2.05) is 38.1 Å². The number of hydrogen-bond acceptors (Lipinski definition) is 3. The first-order chi connectivity index (χ1) is 9.60. The fourth-order valence-electron chi connectivity index (χ4n) is 1.71. The molecule has 0 atom stereocenters. The van der Waals surface area contributed by atoms with Gasteiger partial charge in [0.1, 0.15) is 5.75 Å². The lowest BCUT2D eigenvalue weighted by atomic mass is 10.2. The molecule has 0 spiro atoms. The highest BCUT2D eigenvalue weighted by molar-refractivity contribution is 6.32. The molecule has 0 bridgehead atoms. The first-order valence-electron chi connectivity index (χ1n) is 6.39. The van der Waals surface area contributed by atoms with Crippen LogP contribution in [0, 0.1) is 6.92 Å². The van der Waals surface area contributed by atoms with Gasteiger partial charge < -0.3 is 10.1 Å². The van der Waals surface area contributed by atoms with Gasteiger partial charge in [0.25, 0.3) is 0 Å². The van der Waals surface area contributed by atoms with Crippen LogP contribution in [0.5, 0.6) is 11.6 Å². The second-order valence-electron chi connectivity index (χ2n) is 4.43. The Balaban J connectivity index is 2.22. The van der Waals surface area contributed by atoms with E-state index in [9.17, 15) is 0 Å². The molecule has 1 N–H and O–H groups in total. The monoisotopic (exact) mass is 310 g/mol. The Hall–Kier alpha value is -1.29. The van der Waals surface area contributed by atoms with Crippen molar-refractivity contribution in [2.24, 2.45) is 0 Å². The molecular weight excluding hydrogens is 295 g/mol. The van der Waals surface area contributed by atoms with Crippen molar-refractivity contribution in [2.45, 2.75) is 20.4 Å². The molecule has 1 aromatic carbocycles. The molecule has 0 aliphatic heterocycles. The number of aromatic nitrogens is 1. The number of pyridine rings is 1. The van der Waals surface area contributed by atoms with Crippen molar-refractivity contribution in [3.8, 4) is 11.6 Å². The molecule has 1 aromatic heterocycles. The standard InChI is InChI=1S/C15H16Cl2N2O/c1-3-18-8-11-7-15(19-9-13(11)17)20-14-6-10(2)4-5-12(14)16/h4-7,9,18H,3,8H2,1-2H3. The molecule has 5 heteroatoms. The van der Waals surface area contributed by atoms with Crippen LogP contribution >= 0.6 is 23.2 Å². The van der Waals surface area contributed by atoms with E-state index in [2.05, 4.69) is 10.3 Å². The third kappa shape index (κ3) is 3.85. The van der Waals surface area contributed by atoms with E-state index in [1.54, 1.807) is 6.20 Å². The summed E-state index contributed by atoms with van der Waals surface area (Å²) in [6.45, 7) is 5.57. The van der Waals surface area contributed by atoms with Crippen LogP contribution in [0.2, 0.25) is 10.0 Å². The van der Waals surface area contributed by atoms with Crippen LogP contribution in [-0.4, -0.2) is 11.5 Å². The highest BCUT2D eigenvalue weighted by Crippen LogP contribution is 2.30. The lowest BCUT2D eigenvalue weighted by Gasteiger charge is -2.10. The smallest absolute Gasteiger partial charge is 0.219 e. The molecule has 2 rings (SSSR count). The van der Waals surface area contributed by atoms with Gasteiger partial charge in [0.2, 0.25) is 5.88 Å². The summed E-state index contributed by atoms with van der Waals surface area (Å²) in [6, 6.07) is 7.44. The molecule has 0 amide bonds. The molecule has 2 aromatic rings. The molecule has 0 saturated carbocycles. The number of ether oxygens (including phenoxy) is 1. The van der Waals surface area contributed by atoms with Gasteiger partial charge in [-0.2, -0.15) is 0 Å². The Morgan fingerprint density at radius 2 is 2.00 bits per heavy atom. The van der Waals surface area contributed by atoms with Gasteiger partial charge in [0.05, 0.1) is 10.0 Å².